The molecule has 0 saturated heterocycles. The Balaban J connectivity index is 5.19. The van der Waals surface area contributed by atoms with E-state index in [-0.39, 0.29) is 25.7 Å². The number of rotatable bonds is 68. The lowest BCUT2D eigenvalue weighted by atomic mass is 9.99. The first-order valence-electron chi connectivity index (χ1n) is 36.0. The van der Waals surface area contributed by atoms with Crippen molar-refractivity contribution >= 4 is 39.5 Å². The molecule has 88 heavy (non-hydrogen) atoms. The molecule has 0 spiro atoms. The van der Waals surface area contributed by atoms with E-state index in [4.69, 9.17) is 37.0 Å². The minimum atomic E-state index is -4.95. The van der Waals surface area contributed by atoms with Crippen LogP contribution in [0.1, 0.15) is 350 Å². The quantitative estimate of drug-likeness (QED) is 0.0222. The van der Waals surface area contributed by atoms with E-state index in [2.05, 4.69) is 41.5 Å². The molecule has 0 saturated carbocycles. The third-order valence-corrected chi connectivity index (χ3v) is 18.2. The van der Waals surface area contributed by atoms with E-state index in [1.165, 1.54) is 154 Å². The normalized spacial score (nSPS) is 14.5. The van der Waals surface area contributed by atoms with E-state index >= 15 is 0 Å². The van der Waals surface area contributed by atoms with Gasteiger partial charge < -0.3 is 33.8 Å². The molecule has 0 aliphatic carbocycles. The summed E-state index contributed by atoms with van der Waals surface area (Å²) in [6, 6.07) is 0. The predicted molar refractivity (Wildman–Crippen MR) is 354 cm³/mol. The number of esters is 4. The summed E-state index contributed by atoms with van der Waals surface area (Å²) in [5.41, 5.74) is 0. The van der Waals surface area contributed by atoms with Crippen molar-refractivity contribution in [1.29, 1.82) is 0 Å². The molecular weight excluding hydrogens is 1160 g/mol. The number of carbonyl (C=O) groups excluding carboxylic acids is 4. The Kier molecular flexibility index (Phi) is 59.9. The first kappa shape index (κ1) is 86.1. The lowest BCUT2D eigenvalue weighted by molar-refractivity contribution is -0.161. The summed E-state index contributed by atoms with van der Waals surface area (Å²) >= 11 is 0. The van der Waals surface area contributed by atoms with Crippen LogP contribution in [0.4, 0.5) is 0 Å². The van der Waals surface area contributed by atoms with Crippen molar-refractivity contribution in [2.75, 3.05) is 39.6 Å². The highest BCUT2D eigenvalue weighted by molar-refractivity contribution is 7.47. The molecule has 0 aromatic heterocycles. The van der Waals surface area contributed by atoms with Crippen molar-refractivity contribution in [2.45, 2.75) is 368 Å². The monoisotopic (exact) mass is 1300 g/mol. The van der Waals surface area contributed by atoms with Gasteiger partial charge >= 0.3 is 39.5 Å². The van der Waals surface area contributed by atoms with E-state index in [1.807, 2.05) is 0 Å². The van der Waals surface area contributed by atoms with Crippen LogP contribution in [0.25, 0.3) is 0 Å². The van der Waals surface area contributed by atoms with Crippen molar-refractivity contribution in [3.05, 3.63) is 0 Å². The van der Waals surface area contributed by atoms with Crippen LogP contribution in [-0.2, 0) is 65.4 Å². The Hall–Kier alpha value is -1.94. The standard InChI is InChI=1S/C69H134O17P2/c1-7-10-12-14-16-17-23-27-35-41-47-53-68(73)85-64(57-79-66(71)51-45-39-31-15-13-11-8-2)59-83-87(75,76)81-55-63(70)56-82-88(77,78)84-60-65(58-80-67(72)52-46-40-34-30-29-33-38-44-50-62(6)9-3)86-69(74)54-48-42-36-28-25-22-20-18-19-21-24-26-32-37-43-49-61(4)5/h61-65,70H,7-60H2,1-6H3,(H,75,76)(H,77,78)/t62?,63-,64+,65+/m0/s1. The molecule has 0 aromatic carbocycles. The van der Waals surface area contributed by atoms with E-state index in [0.717, 1.165) is 115 Å². The molecule has 0 bridgehead atoms. The molecule has 3 N–H and O–H groups in total. The lowest BCUT2D eigenvalue weighted by Gasteiger charge is -2.21. The zero-order chi connectivity index (χ0) is 65.0. The summed E-state index contributed by atoms with van der Waals surface area (Å²) in [5, 5.41) is 10.6. The van der Waals surface area contributed by atoms with Crippen LogP contribution in [0.15, 0.2) is 0 Å². The summed E-state index contributed by atoms with van der Waals surface area (Å²) in [7, 11) is -9.89. The van der Waals surface area contributed by atoms with E-state index in [9.17, 15) is 43.2 Å². The molecule has 6 atom stereocenters. The Labute approximate surface area is 537 Å². The summed E-state index contributed by atoms with van der Waals surface area (Å²) in [4.78, 5) is 72.3. The molecule has 0 fully saturated rings. The third kappa shape index (κ3) is 61.6. The highest BCUT2D eigenvalue weighted by atomic mass is 31.2. The van der Waals surface area contributed by atoms with Crippen LogP contribution in [0.2, 0.25) is 0 Å². The Morgan fingerprint density at radius 1 is 0.330 bits per heavy atom. The zero-order valence-electron chi connectivity index (χ0n) is 57.0. The predicted octanol–water partition coefficient (Wildman–Crippen LogP) is 19.6. The maximum atomic E-state index is 13.0. The van der Waals surface area contributed by atoms with Crippen LogP contribution >= 0.6 is 15.6 Å². The number of phosphoric ester groups is 2. The van der Waals surface area contributed by atoms with Crippen LogP contribution in [-0.4, -0.2) is 96.7 Å². The molecule has 0 aliphatic rings. The van der Waals surface area contributed by atoms with Crippen molar-refractivity contribution in [1.82, 2.24) is 0 Å². The fraction of sp³-hybridized carbons (Fsp3) is 0.942. The van der Waals surface area contributed by atoms with Gasteiger partial charge in [0.15, 0.2) is 12.2 Å². The average Bonchev–Trinajstić information content (AvgIpc) is 3.71. The third-order valence-electron chi connectivity index (χ3n) is 16.3. The molecule has 17 nitrogen and oxygen atoms in total. The number of hydrogen-bond acceptors (Lipinski definition) is 15. The zero-order valence-corrected chi connectivity index (χ0v) is 58.8. The molecule has 0 amide bonds. The largest absolute Gasteiger partial charge is 0.472 e. The Morgan fingerprint density at radius 2 is 0.580 bits per heavy atom. The molecule has 0 aliphatic heterocycles. The van der Waals surface area contributed by atoms with Crippen molar-refractivity contribution in [3.8, 4) is 0 Å². The number of ether oxygens (including phenoxy) is 4. The molecular formula is C69H134O17P2. The minimum absolute atomic E-state index is 0.106. The summed E-state index contributed by atoms with van der Waals surface area (Å²) < 4.78 is 68.1. The smallest absolute Gasteiger partial charge is 0.462 e. The second-order valence-electron chi connectivity index (χ2n) is 25.6. The molecule has 19 heteroatoms. The first-order valence-corrected chi connectivity index (χ1v) is 39.0. The number of aliphatic hydroxyl groups is 1. The second kappa shape index (κ2) is 61.3. The highest BCUT2D eigenvalue weighted by Gasteiger charge is 2.30. The highest BCUT2D eigenvalue weighted by Crippen LogP contribution is 2.45. The Bertz CT molecular complexity index is 1720. The fourth-order valence-corrected chi connectivity index (χ4v) is 12.0. The van der Waals surface area contributed by atoms with Crippen LogP contribution in [0.5, 0.6) is 0 Å². The maximum absolute atomic E-state index is 13.0. The lowest BCUT2D eigenvalue weighted by Crippen LogP contribution is -2.30. The van der Waals surface area contributed by atoms with Crippen LogP contribution in [0, 0.1) is 11.8 Å². The number of unbranched alkanes of at least 4 members (excludes halogenated alkanes) is 37. The Morgan fingerprint density at radius 3 is 0.864 bits per heavy atom. The second-order valence-corrected chi connectivity index (χ2v) is 28.5. The molecule has 0 heterocycles. The van der Waals surface area contributed by atoms with Gasteiger partial charge in [0.25, 0.3) is 0 Å². The van der Waals surface area contributed by atoms with Crippen LogP contribution < -0.4 is 0 Å². The van der Waals surface area contributed by atoms with Gasteiger partial charge in [-0.15, -0.1) is 0 Å². The number of phosphoric acid groups is 2. The number of hydrogen-bond donors (Lipinski definition) is 3. The SMILES string of the molecule is CCCCCCCCCCCCCC(=O)O[C@H](COC(=O)CCCCCCCCC)COP(=O)(O)OC[C@H](O)COP(=O)(O)OC[C@@H](COC(=O)CCCCCCCCCCC(C)CC)OC(=O)CCCCCCCCCCCCCCCCCC(C)C. The van der Waals surface area contributed by atoms with Crippen molar-refractivity contribution < 1.29 is 80.2 Å². The van der Waals surface area contributed by atoms with E-state index < -0.39 is 97.5 Å². The minimum Gasteiger partial charge on any atom is -0.462 e. The summed E-state index contributed by atoms with van der Waals surface area (Å²) in [5.74, 6) is -0.550. The summed E-state index contributed by atoms with van der Waals surface area (Å²) in [6.07, 6.45) is 45.8. The first-order chi connectivity index (χ1) is 42.4. The van der Waals surface area contributed by atoms with Gasteiger partial charge in [0, 0.05) is 25.7 Å². The topological polar surface area (TPSA) is 237 Å². The summed E-state index contributed by atoms with van der Waals surface area (Å²) in [6.45, 7) is 9.53. The van der Waals surface area contributed by atoms with Gasteiger partial charge in [-0.2, -0.15) is 0 Å². The average molecular weight is 1300 g/mol. The van der Waals surface area contributed by atoms with Gasteiger partial charge in [-0.25, -0.2) is 9.13 Å². The molecule has 522 valence electrons. The van der Waals surface area contributed by atoms with Gasteiger partial charge in [0.2, 0.25) is 0 Å². The van der Waals surface area contributed by atoms with E-state index in [1.54, 1.807) is 0 Å². The van der Waals surface area contributed by atoms with Gasteiger partial charge in [-0.1, -0.05) is 298 Å². The van der Waals surface area contributed by atoms with Gasteiger partial charge in [-0.05, 0) is 37.5 Å². The maximum Gasteiger partial charge on any atom is 0.472 e. The van der Waals surface area contributed by atoms with Crippen LogP contribution in [0.3, 0.4) is 0 Å². The molecule has 0 radical (unpaired) electrons. The van der Waals surface area contributed by atoms with Crippen molar-refractivity contribution in [3.63, 3.8) is 0 Å². The van der Waals surface area contributed by atoms with E-state index in [0.29, 0.717) is 25.7 Å². The van der Waals surface area contributed by atoms with Gasteiger partial charge in [0.05, 0.1) is 26.4 Å². The molecule has 3 unspecified atom stereocenters. The molecule has 0 rings (SSSR count). The molecule has 0 aromatic rings. The van der Waals surface area contributed by atoms with Gasteiger partial charge in [0.1, 0.15) is 19.3 Å². The van der Waals surface area contributed by atoms with Crippen molar-refractivity contribution in [2.24, 2.45) is 11.8 Å². The number of aliphatic hydroxyl groups excluding tert-OH is 1. The van der Waals surface area contributed by atoms with Gasteiger partial charge in [-0.3, -0.25) is 37.3 Å². The number of carbonyl (C=O) groups is 4. The fourth-order valence-electron chi connectivity index (χ4n) is 10.4.